The van der Waals surface area contributed by atoms with Crippen LogP contribution in [0.5, 0.6) is 40.2 Å². The highest BCUT2D eigenvalue weighted by Gasteiger charge is 2.35. The van der Waals surface area contributed by atoms with E-state index in [1.807, 2.05) is 59.8 Å². The second kappa shape index (κ2) is 10.2. The predicted molar refractivity (Wildman–Crippen MR) is 134 cm³/mol. The molecule has 4 N–H and O–H groups in total. The lowest BCUT2D eigenvalue weighted by molar-refractivity contribution is 0.0732. The fraction of sp³-hybridized carbons (Fsp3) is 0.321. The minimum absolute atomic E-state index is 0.0387. The molecule has 0 aromatic heterocycles. The molecule has 0 saturated carbocycles. The van der Waals surface area contributed by atoms with Crippen LogP contribution in [-0.2, 0) is 19.3 Å². The van der Waals surface area contributed by atoms with E-state index in [1.54, 1.807) is 0 Å². The highest BCUT2D eigenvalue weighted by Crippen LogP contribution is 2.54. The van der Waals surface area contributed by atoms with E-state index >= 15 is 0 Å². The second-order valence-corrected chi connectivity index (χ2v) is 9.36. The Hall–Kier alpha value is -3.87. The molecule has 0 amide bonds. The number of rotatable bonds is 6. The number of carbonyl (C=O) groups is 1. The quantitative estimate of drug-likeness (QED) is 0.164. The summed E-state index contributed by atoms with van der Waals surface area (Å²) < 4.78 is 11.7. The number of ether oxygens (including phenoxy) is 2. The molecule has 7 heteroatoms. The van der Waals surface area contributed by atoms with Crippen LogP contribution in [0.1, 0.15) is 68.6 Å². The van der Waals surface area contributed by atoms with Crippen molar-refractivity contribution in [3.63, 3.8) is 0 Å². The van der Waals surface area contributed by atoms with Crippen molar-refractivity contribution in [1.29, 1.82) is 0 Å². The summed E-state index contributed by atoms with van der Waals surface area (Å²) in [6.07, 6.45) is 6.43. The lowest BCUT2D eigenvalue weighted by Crippen LogP contribution is -2.10. The number of hydrogen-bond donors (Lipinski definition) is 4. The van der Waals surface area contributed by atoms with Crippen LogP contribution in [0.4, 0.5) is 0 Å². The molecule has 0 aliphatic carbocycles. The van der Waals surface area contributed by atoms with Gasteiger partial charge in [-0.05, 0) is 60.8 Å². The molecule has 1 aliphatic rings. The number of hydrogen-bond acceptors (Lipinski definition) is 7. The Kier molecular flexibility index (Phi) is 7.48. The molecule has 35 heavy (non-hydrogen) atoms. The first-order valence-electron chi connectivity index (χ1n) is 11.4. The smallest absolute Gasteiger partial charge is 0.351 e. The molecule has 0 bridgehead atoms. The molecule has 7 nitrogen and oxygen atoms in total. The van der Waals surface area contributed by atoms with Gasteiger partial charge >= 0.3 is 5.97 Å². The van der Waals surface area contributed by atoms with Crippen molar-refractivity contribution >= 4 is 5.97 Å². The molecule has 2 aromatic rings. The van der Waals surface area contributed by atoms with Gasteiger partial charge in [-0.2, -0.15) is 0 Å². The first kappa shape index (κ1) is 25.7. The summed E-state index contributed by atoms with van der Waals surface area (Å²) in [5.41, 5.74) is 3.84. The molecular formula is C28H32O7. The van der Waals surface area contributed by atoms with E-state index in [9.17, 15) is 25.2 Å². The maximum atomic E-state index is 13.2. The van der Waals surface area contributed by atoms with Crippen molar-refractivity contribution in [3.8, 4) is 40.2 Å². The molecule has 1 aliphatic heterocycles. The molecule has 2 aromatic carbocycles. The van der Waals surface area contributed by atoms with E-state index in [4.69, 9.17) is 9.47 Å². The summed E-state index contributed by atoms with van der Waals surface area (Å²) in [4.78, 5) is 13.2. The molecule has 186 valence electrons. The summed E-state index contributed by atoms with van der Waals surface area (Å²) in [5.74, 6) is -3.09. The van der Waals surface area contributed by atoms with Crippen molar-refractivity contribution in [3.05, 3.63) is 63.3 Å². The minimum atomic E-state index is -0.897. The van der Waals surface area contributed by atoms with Gasteiger partial charge in [-0.1, -0.05) is 34.9 Å². The average Bonchev–Trinajstić information content (AvgIpc) is 2.90. The molecule has 0 unspecified atom stereocenters. The zero-order valence-corrected chi connectivity index (χ0v) is 20.9. The van der Waals surface area contributed by atoms with E-state index in [0.29, 0.717) is 24.0 Å². The Bertz CT molecular complexity index is 1270. The third-order valence-electron chi connectivity index (χ3n) is 5.66. The van der Waals surface area contributed by atoms with Gasteiger partial charge in [0.2, 0.25) is 11.5 Å². The summed E-state index contributed by atoms with van der Waals surface area (Å²) >= 11 is 0. The predicted octanol–water partition coefficient (Wildman–Crippen LogP) is 6.36. The monoisotopic (exact) mass is 480 g/mol. The van der Waals surface area contributed by atoms with Crippen LogP contribution in [0.25, 0.3) is 0 Å². The lowest BCUT2D eigenvalue weighted by Gasteiger charge is -2.19. The number of aromatic hydroxyl groups is 4. The van der Waals surface area contributed by atoms with E-state index in [2.05, 4.69) is 0 Å². The highest BCUT2D eigenvalue weighted by molar-refractivity contribution is 5.99. The van der Waals surface area contributed by atoms with Gasteiger partial charge in [0.05, 0.1) is 0 Å². The van der Waals surface area contributed by atoms with Gasteiger partial charge in [-0.15, -0.1) is 0 Å². The fourth-order valence-corrected chi connectivity index (χ4v) is 3.76. The summed E-state index contributed by atoms with van der Waals surface area (Å²) in [7, 11) is 0. The van der Waals surface area contributed by atoms with E-state index in [1.165, 1.54) is 0 Å². The van der Waals surface area contributed by atoms with Crippen molar-refractivity contribution < 1.29 is 34.7 Å². The van der Waals surface area contributed by atoms with Crippen molar-refractivity contribution in [2.24, 2.45) is 0 Å². The zero-order chi connectivity index (χ0) is 26.0. The van der Waals surface area contributed by atoms with Crippen LogP contribution < -0.4 is 9.47 Å². The van der Waals surface area contributed by atoms with E-state index in [-0.39, 0.29) is 46.3 Å². The standard InChI is InChI=1S/C28H32O7/c1-14(2)7-10-17-18(11-8-15(3)4)26-27(24(32)23(17)31)34-25-19(12-9-16(5)6)20(29)13-21(30)22(25)28(33)35-26/h7-9,13,29-32H,10-12H2,1-6H3. The maximum Gasteiger partial charge on any atom is 0.351 e. The minimum Gasteiger partial charge on any atom is -0.507 e. The molecule has 0 fully saturated rings. The van der Waals surface area contributed by atoms with Gasteiger partial charge < -0.3 is 29.9 Å². The van der Waals surface area contributed by atoms with Gasteiger partial charge in [0, 0.05) is 22.8 Å². The van der Waals surface area contributed by atoms with Crippen molar-refractivity contribution in [2.75, 3.05) is 0 Å². The van der Waals surface area contributed by atoms with Crippen LogP contribution >= 0.6 is 0 Å². The Labute approximate surface area is 205 Å². The Morgan fingerprint density at radius 3 is 1.71 bits per heavy atom. The van der Waals surface area contributed by atoms with Crippen LogP contribution in [0.3, 0.4) is 0 Å². The second-order valence-electron chi connectivity index (χ2n) is 9.36. The SMILES string of the molecule is CC(C)=CCc1c(O)c(O)c2c(c1CC=C(C)C)OC(=O)c1c(O)cc(O)c(CC=C(C)C)c1O2. The van der Waals surface area contributed by atoms with Gasteiger partial charge in [0.15, 0.2) is 17.2 Å². The molecule has 0 radical (unpaired) electrons. The number of fused-ring (bicyclic) bond motifs is 2. The Balaban J connectivity index is 2.34. The molecule has 1 heterocycles. The highest BCUT2D eigenvalue weighted by atomic mass is 16.6. The Morgan fingerprint density at radius 2 is 1.17 bits per heavy atom. The normalized spacial score (nSPS) is 11.9. The number of phenolic OH excluding ortho intramolecular Hbond substituents is 4. The first-order chi connectivity index (χ1) is 16.4. The van der Waals surface area contributed by atoms with Crippen LogP contribution in [-0.4, -0.2) is 26.4 Å². The Morgan fingerprint density at radius 1 is 0.657 bits per heavy atom. The summed E-state index contributed by atoms with van der Waals surface area (Å²) in [5, 5.41) is 42.9. The average molecular weight is 481 g/mol. The third kappa shape index (κ3) is 5.29. The number of phenols is 4. The lowest BCUT2D eigenvalue weighted by atomic mass is 9.96. The van der Waals surface area contributed by atoms with Gasteiger partial charge in [0.1, 0.15) is 17.1 Å². The largest absolute Gasteiger partial charge is 0.507 e. The van der Waals surface area contributed by atoms with Crippen LogP contribution in [0, 0.1) is 0 Å². The fourth-order valence-electron chi connectivity index (χ4n) is 3.76. The number of benzene rings is 2. The van der Waals surface area contributed by atoms with E-state index < -0.39 is 17.5 Å². The van der Waals surface area contributed by atoms with E-state index in [0.717, 1.165) is 22.8 Å². The maximum absolute atomic E-state index is 13.2. The van der Waals surface area contributed by atoms with Gasteiger partial charge in [-0.25, -0.2) is 4.79 Å². The third-order valence-corrected chi connectivity index (χ3v) is 5.66. The number of allylic oxidation sites excluding steroid dienone is 6. The van der Waals surface area contributed by atoms with Crippen LogP contribution in [0.2, 0.25) is 0 Å². The van der Waals surface area contributed by atoms with Crippen molar-refractivity contribution in [1.82, 2.24) is 0 Å². The topological polar surface area (TPSA) is 116 Å². The van der Waals surface area contributed by atoms with Crippen LogP contribution in [0.15, 0.2) is 41.0 Å². The van der Waals surface area contributed by atoms with Gasteiger partial charge in [0.25, 0.3) is 0 Å². The molecule has 3 rings (SSSR count). The molecule has 0 spiro atoms. The zero-order valence-electron chi connectivity index (χ0n) is 20.9. The molecule has 0 saturated heterocycles. The van der Waals surface area contributed by atoms with Gasteiger partial charge in [-0.3, -0.25) is 0 Å². The first-order valence-corrected chi connectivity index (χ1v) is 11.4. The summed E-state index contributed by atoms with van der Waals surface area (Å²) in [6.45, 7) is 11.4. The molecular weight excluding hydrogens is 448 g/mol. The number of esters is 1. The summed E-state index contributed by atoms with van der Waals surface area (Å²) in [6, 6.07) is 1.06. The number of carbonyl (C=O) groups excluding carboxylic acids is 1. The molecule has 0 atom stereocenters. The van der Waals surface area contributed by atoms with Crippen molar-refractivity contribution in [2.45, 2.75) is 60.8 Å².